The van der Waals surface area contributed by atoms with Crippen LogP contribution >= 0.6 is 23.2 Å². The van der Waals surface area contributed by atoms with Crippen molar-refractivity contribution in [2.24, 2.45) is 11.8 Å². The van der Waals surface area contributed by atoms with E-state index in [4.69, 9.17) is 33.0 Å². The van der Waals surface area contributed by atoms with E-state index in [2.05, 4.69) is 0 Å². The van der Waals surface area contributed by atoms with E-state index in [1.54, 1.807) is 12.1 Å². The van der Waals surface area contributed by atoms with Gasteiger partial charge in [0.15, 0.2) is 0 Å². The molecule has 16 heavy (non-hydrogen) atoms. The van der Waals surface area contributed by atoms with E-state index in [1.807, 2.05) is 0 Å². The summed E-state index contributed by atoms with van der Waals surface area (Å²) in [5, 5.41) is 10.1. The van der Waals surface area contributed by atoms with Gasteiger partial charge >= 0.3 is 5.97 Å². The average molecular weight is 259 g/mol. The molecule has 1 aromatic carbocycles. The summed E-state index contributed by atoms with van der Waals surface area (Å²) in [4.78, 5) is 11.0. The Morgan fingerprint density at radius 1 is 1.38 bits per heavy atom. The molecule has 3 rings (SSSR count). The fourth-order valence-corrected chi connectivity index (χ4v) is 2.99. The molecule has 1 heterocycles. The molecule has 0 saturated heterocycles. The summed E-state index contributed by atoms with van der Waals surface area (Å²) in [6.45, 7) is 0.411. The van der Waals surface area contributed by atoms with Crippen molar-refractivity contribution in [1.82, 2.24) is 0 Å². The first kappa shape index (κ1) is 10.2. The van der Waals surface area contributed by atoms with Gasteiger partial charge in [-0.1, -0.05) is 23.2 Å². The molecule has 1 aliphatic heterocycles. The highest BCUT2D eigenvalue weighted by molar-refractivity contribution is 6.35. The van der Waals surface area contributed by atoms with Crippen LogP contribution in [0.5, 0.6) is 5.75 Å². The molecule has 3 atom stereocenters. The maximum absolute atomic E-state index is 11.0. The Bertz CT molecular complexity index is 486. The molecular weight excluding hydrogens is 251 g/mol. The van der Waals surface area contributed by atoms with Crippen LogP contribution in [0.15, 0.2) is 12.1 Å². The highest BCUT2D eigenvalue weighted by Crippen LogP contribution is 2.61. The summed E-state index contributed by atoms with van der Waals surface area (Å²) >= 11 is 12.1. The number of hydrogen-bond donors (Lipinski definition) is 1. The molecule has 3 unspecified atom stereocenters. The number of rotatable bonds is 1. The Kier molecular flexibility index (Phi) is 2.10. The number of ether oxygens (including phenoxy) is 1. The van der Waals surface area contributed by atoms with E-state index in [1.165, 1.54) is 0 Å². The smallest absolute Gasteiger partial charge is 0.307 e. The monoisotopic (exact) mass is 258 g/mol. The van der Waals surface area contributed by atoms with Crippen LogP contribution in [0.25, 0.3) is 0 Å². The molecule has 1 N–H and O–H groups in total. The van der Waals surface area contributed by atoms with Gasteiger partial charge < -0.3 is 9.84 Å². The van der Waals surface area contributed by atoms with Gasteiger partial charge in [0, 0.05) is 22.4 Å². The minimum Gasteiger partial charge on any atom is -0.491 e. The van der Waals surface area contributed by atoms with Gasteiger partial charge in [-0.25, -0.2) is 0 Å². The lowest BCUT2D eigenvalue weighted by molar-refractivity contribution is -0.139. The lowest BCUT2D eigenvalue weighted by Crippen LogP contribution is -2.09. The quantitative estimate of drug-likeness (QED) is 0.843. The van der Waals surface area contributed by atoms with E-state index in [-0.39, 0.29) is 17.8 Å². The third kappa shape index (κ3) is 1.25. The molecule has 0 radical (unpaired) electrons. The highest BCUT2D eigenvalue weighted by atomic mass is 35.5. The molecule has 1 aliphatic carbocycles. The maximum atomic E-state index is 11.0. The first-order valence-electron chi connectivity index (χ1n) is 4.94. The van der Waals surface area contributed by atoms with Crippen LogP contribution in [-0.2, 0) is 4.79 Å². The van der Waals surface area contributed by atoms with E-state index in [0.717, 1.165) is 5.56 Å². The first-order valence-corrected chi connectivity index (χ1v) is 5.70. The molecule has 3 nitrogen and oxygen atoms in total. The second kappa shape index (κ2) is 3.28. The largest absolute Gasteiger partial charge is 0.491 e. The van der Waals surface area contributed by atoms with Gasteiger partial charge in [0.25, 0.3) is 0 Å². The molecule has 5 heteroatoms. The number of benzene rings is 1. The second-order valence-electron chi connectivity index (χ2n) is 4.14. The number of fused-ring (bicyclic) bond motifs is 3. The van der Waals surface area contributed by atoms with Crippen LogP contribution in [0.4, 0.5) is 0 Å². The molecule has 0 aromatic heterocycles. The van der Waals surface area contributed by atoms with E-state index < -0.39 is 5.97 Å². The summed E-state index contributed by atoms with van der Waals surface area (Å²) < 4.78 is 5.49. The zero-order chi connectivity index (χ0) is 11.4. The van der Waals surface area contributed by atoms with Crippen molar-refractivity contribution in [3.8, 4) is 5.75 Å². The molecule has 2 aliphatic rings. The zero-order valence-electron chi connectivity index (χ0n) is 8.11. The van der Waals surface area contributed by atoms with Gasteiger partial charge in [-0.05, 0) is 12.1 Å². The molecule has 84 valence electrons. The van der Waals surface area contributed by atoms with Crippen molar-refractivity contribution < 1.29 is 14.6 Å². The lowest BCUT2D eigenvalue weighted by Gasteiger charge is -2.18. The van der Waals surface area contributed by atoms with Crippen LogP contribution in [0.2, 0.25) is 10.0 Å². The van der Waals surface area contributed by atoms with Gasteiger partial charge in [0.2, 0.25) is 0 Å². The SMILES string of the molecule is O=C(O)C1C2COc3c(Cl)ccc(Cl)c3C21. The summed E-state index contributed by atoms with van der Waals surface area (Å²) in [6.07, 6.45) is 0. The number of carboxylic acids is 1. The van der Waals surface area contributed by atoms with Gasteiger partial charge in [0.05, 0.1) is 17.5 Å². The fraction of sp³-hybridized carbons (Fsp3) is 0.364. The average Bonchev–Trinajstić information content (AvgIpc) is 2.97. The van der Waals surface area contributed by atoms with E-state index >= 15 is 0 Å². The van der Waals surface area contributed by atoms with Crippen molar-refractivity contribution in [2.45, 2.75) is 5.92 Å². The third-order valence-corrected chi connectivity index (χ3v) is 3.93. The Morgan fingerprint density at radius 3 is 2.75 bits per heavy atom. The van der Waals surface area contributed by atoms with Crippen molar-refractivity contribution in [2.75, 3.05) is 6.61 Å². The molecule has 0 bridgehead atoms. The Morgan fingerprint density at radius 2 is 2.06 bits per heavy atom. The van der Waals surface area contributed by atoms with Crippen LogP contribution in [0, 0.1) is 11.8 Å². The Balaban J connectivity index is 2.10. The summed E-state index contributed by atoms with van der Waals surface area (Å²) in [5.74, 6) is -0.604. The number of halogens is 2. The fourth-order valence-electron chi connectivity index (χ4n) is 2.50. The van der Waals surface area contributed by atoms with E-state index in [9.17, 15) is 4.79 Å². The minimum atomic E-state index is -0.789. The minimum absolute atomic E-state index is 0.0348. The van der Waals surface area contributed by atoms with Crippen molar-refractivity contribution in [1.29, 1.82) is 0 Å². The Hall–Kier alpha value is -0.930. The van der Waals surface area contributed by atoms with Crippen molar-refractivity contribution >= 4 is 29.2 Å². The van der Waals surface area contributed by atoms with Crippen molar-refractivity contribution in [3.05, 3.63) is 27.7 Å². The maximum Gasteiger partial charge on any atom is 0.307 e. The van der Waals surface area contributed by atoms with Gasteiger partial charge in [-0.3, -0.25) is 4.79 Å². The summed E-state index contributed by atoms with van der Waals surface area (Å²) in [5.41, 5.74) is 0.762. The molecule has 1 saturated carbocycles. The number of carbonyl (C=O) groups is 1. The Labute approximate surface area is 102 Å². The number of aliphatic carboxylic acids is 1. The van der Waals surface area contributed by atoms with Gasteiger partial charge in [-0.15, -0.1) is 0 Å². The zero-order valence-corrected chi connectivity index (χ0v) is 9.63. The number of hydrogen-bond acceptors (Lipinski definition) is 2. The first-order chi connectivity index (χ1) is 7.61. The lowest BCUT2D eigenvalue weighted by atomic mass is 10.1. The highest BCUT2D eigenvalue weighted by Gasteiger charge is 2.60. The normalized spacial score (nSPS) is 30.0. The third-order valence-electron chi connectivity index (χ3n) is 3.30. The predicted octanol–water partition coefficient (Wildman–Crippen LogP) is 2.80. The molecule has 1 fully saturated rings. The summed E-state index contributed by atoms with van der Waals surface area (Å²) in [7, 11) is 0. The van der Waals surface area contributed by atoms with Crippen LogP contribution in [-0.4, -0.2) is 17.7 Å². The van der Waals surface area contributed by atoms with Crippen LogP contribution in [0.1, 0.15) is 11.5 Å². The van der Waals surface area contributed by atoms with Gasteiger partial charge in [0.1, 0.15) is 5.75 Å². The number of carboxylic acid groups (broad SMARTS) is 1. The van der Waals surface area contributed by atoms with Gasteiger partial charge in [-0.2, -0.15) is 0 Å². The standard InChI is InChI=1S/C11H8Cl2O3/c12-5-1-2-6(13)10-9(5)7-4(3-16-10)8(7)11(14)15/h1-2,4,7-8H,3H2,(H,14,15). The molecule has 1 aromatic rings. The topological polar surface area (TPSA) is 46.5 Å². The second-order valence-corrected chi connectivity index (χ2v) is 4.95. The van der Waals surface area contributed by atoms with Crippen LogP contribution in [0.3, 0.4) is 0 Å². The molecular formula is C11H8Cl2O3. The summed E-state index contributed by atoms with van der Waals surface area (Å²) in [6, 6.07) is 3.35. The van der Waals surface area contributed by atoms with E-state index in [0.29, 0.717) is 22.4 Å². The van der Waals surface area contributed by atoms with Crippen LogP contribution < -0.4 is 4.74 Å². The molecule has 0 amide bonds. The predicted molar refractivity (Wildman–Crippen MR) is 59.3 cm³/mol. The molecule has 0 spiro atoms. The van der Waals surface area contributed by atoms with Crippen molar-refractivity contribution in [3.63, 3.8) is 0 Å².